The number of benzene rings is 1. The number of hydrogen-bond acceptors (Lipinski definition) is 3. The molecule has 0 amide bonds. The molecular formula is C13H16N2O2. The zero-order chi connectivity index (χ0) is 12.1. The van der Waals surface area contributed by atoms with Crippen LogP contribution in [0.25, 0.3) is 0 Å². The summed E-state index contributed by atoms with van der Waals surface area (Å²) in [6.07, 6.45) is 3.11. The fourth-order valence-corrected chi connectivity index (χ4v) is 1.64. The van der Waals surface area contributed by atoms with Crippen molar-refractivity contribution in [1.29, 1.82) is 0 Å². The van der Waals surface area contributed by atoms with E-state index in [1.54, 1.807) is 13.1 Å². The second-order valence-electron chi connectivity index (χ2n) is 3.83. The Morgan fingerprint density at radius 2 is 2.18 bits per heavy atom. The number of para-hydroxylation sites is 1. The lowest BCUT2D eigenvalue weighted by atomic mass is 10.1. The van der Waals surface area contributed by atoms with E-state index in [1.165, 1.54) is 0 Å². The second-order valence-corrected chi connectivity index (χ2v) is 3.83. The summed E-state index contributed by atoms with van der Waals surface area (Å²) >= 11 is 0. The van der Waals surface area contributed by atoms with Crippen LogP contribution in [0.3, 0.4) is 0 Å². The van der Waals surface area contributed by atoms with Crippen molar-refractivity contribution in [3.63, 3.8) is 0 Å². The fraction of sp³-hybridized carbons (Fsp3) is 0.308. The molecule has 1 aromatic carbocycles. The SMILES string of the molecule is C[C@@H](O)c1ccccc1OCCn1cccn1. The third-order valence-corrected chi connectivity index (χ3v) is 2.51. The van der Waals surface area contributed by atoms with Crippen molar-refractivity contribution in [1.82, 2.24) is 9.78 Å². The van der Waals surface area contributed by atoms with Gasteiger partial charge in [0, 0.05) is 18.0 Å². The van der Waals surface area contributed by atoms with Crippen molar-refractivity contribution in [3.8, 4) is 5.75 Å². The maximum Gasteiger partial charge on any atom is 0.125 e. The Morgan fingerprint density at radius 3 is 2.88 bits per heavy atom. The molecule has 2 aromatic rings. The third-order valence-electron chi connectivity index (χ3n) is 2.51. The first-order chi connectivity index (χ1) is 8.27. The van der Waals surface area contributed by atoms with Gasteiger partial charge in [-0.05, 0) is 19.1 Å². The Morgan fingerprint density at radius 1 is 1.35 bits per heavy atom. The van der Waals surface area contributed by atoms with Gasteiger partial charge in [0.25, 0.3) is 0 Å². The first-order valence-electron chi connectivity index (χ1n) is 5.64. The molecule has 2 rings (SSSR count). The van der Waals surface area contributed by atoms with E-state index in [4.69, 9.17) is 4.74 Å². The molecule has 0 spiro atoms. The lowest BCUT2D eigenvalue weighted by Crippen LogP contribution is -2.09. The van der Waals surface area contributed by atoms with Crippen molar-refractivity contribution in [2.75, 3.05) is 6.61 Å². The number of aliphatic hydroxyl groups is 1. The van der Waals surface area contributed by atoms with Crippen LogP contribution in [0.5, 0.6) is 5.75 Å². The molecule has 0 unspecified atom stereocenters. The van der Waals surface area contributed by atoms with Crippen molar-refractivity contribution in [2.45, 2.75) is 19.6 Å². The zero-order valence-electron chi connectivity index (χ0n) is 9.78. The molecule has 1 N–H and O–H groups in total. The quantitative estimate of drug-likeness (QED) is 0.857. The average Bonchev–Trinajstić information content (AvgIpc) is 2.82. The van der Waals surface area contributed by atoms with Gasteiger partial charge in [0.1, 0.15) is 12.4 Å². The van der Waals surface area contributed by atoms with Crippen molar-refractivity contribution in [2.24, 2.45) is 0 Å². The summed E-state index contributed by atoms with van der Waals surface area (Å²) in [5, 5.41) is 13.7. The Kier molecular flexibility index (Phi) is 3.77. The topological polar surface area (TPSA) is 47.3 Å². The van der Waals surface area contributed by atoms with Gasteiger partial charge in [0.05, 0.1) is 12.6 Å². The molecule has 0 saturated heterocycles. The van der Waals surface area contributed by atoms with Crippen LogP contribution in [0, 0.1) is 0 Å². The van der Waals surface area contributed by atoms with Crippen LogP contribution in [0.4, 0.5) is 0 Å². The third kappa shape index (κ3) is 3.07. The average molecular weight is 232 g/mol. The minimum Gasteiger partial charge on any atom is -0.491 e. The highest BCUT2D eigenvalue weighted by atomic mass is 16.5. The van der Waals surface area contributed by atoms with E-state index in [-0.39, 0.29) is 0 Å². The van der Waals surface area contributed by atoms with Crippen LogP contribution in [0.2, 0.25) is 0 Å². The number of ether oxygens (including phenoxy) is 1. The molecule has 0 saturated carbocycles. The summed E-state index contributed by atoms with van der Waals surface area (Å²) in [4.78, 5) is 0. The van der Waals surface area contributed by atoms with E-state index in [0.717, 1.165) is 11.3 Å². The summed E-state index contributed by atoms with van der Waals surface area (Å²) in [6, 6.07) is 9.40. The van der Waals surface area contributed by atoms with Gasteiger partial charge in [0.15, 0.2) is 0 Å². The highest BCUT2D eigenvalue weighted by Crippen LogP contribution is 2.24. The highest BCUT2D eigenvalue weighted by Gasteiger charge is 2.07. The number of aromatic nitrogens is 2. The van der Waals surface area contributed by atoms with Crippen molar-refractivity contribution in [3.05, 3.63) is 48.3 Å². The van der Waals surface area contributed by atoms with Crippen LogP contribution < -0.4 is 4.74 Å². The second kappa shape index (κ2) is 5.50. The maximum absolute atomic E-state index is 9.59. The van der Waals surface area contributed by atoms with E-state index in [0.29, 0.717) is 13.2 Å². The molecule has 4 heteroatoms. The first-order valence-corrected chi connectivity index (χ1v) is 5.64. The van der Waals surface area contributed by atoms with Crippen LogP contribution in [0.1, 0.15) is 18.6 Å². The molecule has 90 valence electrons. The lowest BCUT2D eigenvalue weighted by molar-refractivity contribution is 0.190. The molecule has 1 aromatic heterocycles. The predicted octanol–water partition coefficient (Wildman–Crippen LogP) is 2.02. The first kappa shape index (κ1) is 11.7. The standard InChI is InChI=1S/C13H16N2O2/c1-11(16)12-5-2-3-6-13(12)17-10-9-15-8-4-7-14-15/h2-8,11,16H,9-10H2,1H3/t11-/m1/s1. The van der Waals surface area contributed by atoms with Gasteiger partial charge in [-0.2, -0.15) is 5.10 Å². The fourth-order valence-electron chi connectivity index (χ4n) is 1.64. The Labute approximate surface area is 100 Å². The van der Waals surface area contributed by atoms with Gasteiger partial charge in [0.2, 0.25) is 0 Å². The maximum atomic E-state index is 9.59. The minimum absolute atomic E-state index is 0.518. The smallest absolute Gasteiger partial charge is 0.125 e. The molecular weight excluding hydrogens is 216 g/mol. The molecule has 1 atom stereocenters. The molecule has 0 radical (unpaired) electrons. The zero-order valence-corrected chi connectivity index (χ0v) is 9.78. The van der Waals surface area contributed by atoms with Crippen LogP contribution in [0.15, 0.2) is 42.7 Å². The number of hydrogen-bond donors (Lipinski definition) is 1. The van der Waals surface area contributed by atoms with E-state index >= 15 is 0 Å². The Balaban J connectivity index is 1.94. The summed E-state index contributed by atoms with van der Waals surface area (Å²) < 4.78 is 7.46. The predicted molar refractivity (Wildman–Crippen MR) is 64.8 cm³/mol. The molecule has 4 nitrogen and oxygen atoms in total. The van der Waals surface area contributed by atoms with Gasteiger partial charge >= 0.3 is 0 Å². The van der Waals surface area contributed by atoms with E-state index in [2.05, 4.69) is 5.10 Å². The molecule has 0 aliphatic carbocycles. The lowest BCUT2D eigenvalue weighted by Gasteiger charge is -2.13. The van der Waals surface area contributed by atoms with E-state index in [9.17, 15) is 5.11 Å². The summed E-state index contributed by atoms with van der Waals surface area (Å²) in [5.74, 6) is 0.731. The molecule has 17 heavy (non-hydrogen) atoms. The monoisotopic (exact) mass is 232 g/mol. The summed E-state index contributed by atoms with van der Waals surface area (Å²) in [6.45, 7) is 2.96. The number of nitrogens with zero attached hydrogens (tertiary/aromatic N) is 2. The van der Waals surface area contributed by atoms with Crippen LogP contribution in [-0.2, 0) is 6.54 Å². The van der Waals surface area contributed by atoms with Gasteiger partial charge in [-0.15, -0.1) is 0 Å². The van der Waals surface area contributed by atoms with Crippen LogP contribution >= 0.6 is 0 Å². The van der Waals surface area contributed by atoms with E-state index < -0.39 is 6.10 Å². The Hall–Kier alpha value is -1.81. The van der Waals surface area contributed by atoms with Crippen molar-refractivity contribution >= 4 is 0 Å². The van der Waals surface area contributed by atoms with Crippen LogP contribution in [-0.4, -0.2) is 21.5 Å². The number of aliphatic hydroxyl groups excluding tert-OH is 1. The van der Waals surface area contributed by atoms with Gasteiger partial charge in [-0.3, -0.25) is 4.68 Å². The summed E-state index contributed by atoms with van der Waals surface area (Å²) in [7, 11) is 0. The van der Waals surface area contributed by atoms with E-state index in [1.807, 2.05) is 41.2 Å². The molecule has 0 aliphatic rings. The molecule has 0 fully saturated rings. The summed E-state index contributed by atoms with van der Waals surface area (Å²) in [5.41, 5.74) is 0.813. The van der Waals surface area contributed by atoms with Gasteiger partial charge in [-0.25, -0.2) is 0 Å². The van der Waals surface area contributed by atoms with Crippen molar-refractivity contribution < 1.29 is 9.84 Å². The minimum atomic E-state index is -0.518. The largest absolute Gasteiger partial charge is 0.491 e. The molecule has 0 bridgehead atoms. The normalized spacial score (nSPS) is 12.4. The molecule has 1 heterocycles. The van der Waals surface area contributed by atoms with Gasteiger partial charge < -0.3 is 9.84 Å². The Bertz CT molecular complexity index is 452. The number of rotatable bonds is 5. The highest BCUT2D eigenvalue weighted by molar-refractivity contribution is 5.34. The molecule has 0 aliphatic heterocycles. The van der Waals surface area contributed by atoms with Gasteiger partial charge in [-0.1, -0.05) is 18.2 Å².